The van der Waals surface area contributed by atoms with Gasteiger partial charge < -0.3 is 9.64 Å². The molecule has 2 aromatic rings. The van der Waals surface area contributed by atoms with Gasteiger partial charge in [0.05, 0.1) is 26.0 Å². The van der Waals surface area contributed by atoms with Gasteiger partial charge in [0, 0.05) is 18.2 Å². The maximum Gasteiger partial charge on any atom is 0.264 e. The van der Waals surface area contributed by atoms with Crippen molar-refractivity contribution in [2.24, 2.45) is 0 Å². The van der Waals surface area contributed by atoms with Crippen LogP contribution < -0.4 is 9.64 Å². The van der Waals surface area contributed by atoms with E-state index in [1.807, 2.05) is 25.1 Å². The summed E-state index contributed by atoms with van der Waals surface area (Å²) in [4.78, 5) is 14.3. The summed E-state index contributed by atoms with van der Waals surface area (Å²) in [6, 6.07) is 13.3. The average Bonchev–Trinajstić information content (AvgIpc) is 2.89. The Balaban J connectivity index is 1.85. The Bertz CT molecular complexity index is 1100. The van der Waals surface area contributed by atoms with Gasteiger partial charge in [0.2, 0.25) is 5.91 Å². The molecule has 0 heterocycles. The normalized spacial score (nSPS) is 11.5. The summed E-state index contributed by atoms with van der Waals surface area (Å²) in [7, 11) is -3.55. The highest BCUT2D eigenvalue weighted by atomic mass is 32.2. The SMILES string of the molecule is CCCCCCCCCCCCCCOc1ccc(C)cc1CN(C(C)=O)c1cccc(COS(C)(=O)=O)c1. The monoisotopic (exact) mass is 559 g/mol. The number of nitrogens with zero attached hydrogens (tertiary/aromatic N) is 1. The second-order valence-electron chi connectivity index (χ2n) is 10.6. The van der Waals surface area contributed by atoms with Crippen molar-refractivity contribution >= 4 is 21.7 Å². The van der Waals surface area contributed by atoms with E-state index in [9.17, 15) is 13.2 Å². The molecule has 2 rings (SSSR count). The van der Waals surface area contributed by atoms with Crippen LogP contribution in [-0.2, 0) is 32.2 Å². The summed E-state index contributed by atoms with van der Waals surface area (Å²) in [6.45, 7) is 6.77. The molecule has 2 aromatic carbocycles. The zero-order valence-electron chi connectivity index (χ0n) is 24.5. The van der Waals surface area contributed by atoms with E-state index in [1.165, 1.54) is 77.6 Å². The molecule has 0 aromatic heterocycles. The van der Waals surface area contributed by atoms with Crippen molar-refractivity contribution in [2.75, 3.05) is 17.8 Å². The highest BCUT2D eigenvalue weighted by molar-refractivity contribution is 7.85. The van der Waals surface area contributed by atoms with Gasteiger partial charge >= 0.3 is 0 Å². The molecule has 1 amide bonds. The number of hydrogen-bond acceptors (Lipinski definition) is 5. The first-order valence-corrected chi connectivity index (χ1v) is 16.4. The second kappa shape index (κ2) is 18.1. The molecule has 0 N–H and O–H groups in total. The zero-order valence-corrected chi connectivity index (χ0v) is 25.4. The zero-order chi connectivity index (χ0) is 28.5. The number of hydrogen-bond donors (Lipinski definition) is 0. The Hall–Kier alpha value is -2.38. The molecule has 0 spiro atoms. The van der Waals surface area contributed by atoms with E-state index in [2.05, 4.69) is 13.0 Å². The minimum atomic E-state index is -3.55. The van der Waals surface area contributed by atoms with Gasteiger partial charge in [-0.3, -0.25) is 8.98 Å². The van der Waals surface area contributed by atoms with Crippen LogP contribution in [0.4, 0.5) is 5.69 Å². The molecule has 0 fully saturated rings. The molecule has 0 aliphatic heterocycles. The van der Waals surface area contributed by atoms with E-state index < -0.39 is 10.1 Å². The van der Waals surface area contributed by atoms with Gasteiger partial charge in [-0.15, -0.1) is 0 Å². The Morgan fingerprint density at radius 3 is 2.05 bits per heavy atom. The van der Waals surface area contributed by atoms with Crippen molar-refractivity contribution in [3.05, 3.63) is 59.2 Å². The van der Waals surface area contributed by atoms with Crippen LogP contribution in [0.1, 0.15) is 108 Å². The minimum Gasteiger partial charge on any atom is -0.493 e. The number of rotatable bonds is 20. The fourth-order valence-electron chi connectivity index (χ4n) is 4.64. The smallest absolute Gasteiger partial charge is 0.264 e. The van der Waals surface area contributed by atoms with Gasteiger partial charge in [0.1, 0.15) is 5.75 Å². The van der Waals surface area contributed by atoms with Gasteiger partial charge in [0.15, 0.2) is 0 Å². The third-order valence-electron chi connectivity index (χ3n) is 6.84. The fourth-order valence-corrected chi connectivity index (χ4v) is 4.99. The van der Waals surface area contributed by atoms with Crippen molar-refractivity contribution < 1.29 is 22.1 Å². The molecule has 0 saturated carbocycles. The standard InChI is InChI=1S/C32H49NO5S/c1-5-6-7-8-9-10-11-12-13-14-15-16-22-37-32-21-20-27(2)23-30(32)25-33(28(3)34)31-19-17-18-29(24-31)26-38-39(4,35)36/h17-21,23-24H,5-16,22,25-26H2,1-4H3. The van der Waals surface area contributed by atoms with Crippen LogP contribution in [0.3, 0.4) is 0 Å². The highest BCUT2D eigenvalue weighted by Crippen LogP contribution is 2.26. The van der Waals surface area contributed by atoms with E-state index in [1.54, 1.807) is 23.1 Å². The van der Waals surface area contributed by atoms with Crippen molar-refractivity contribution in [3.63, 3.8) is 0 Å². The average molecular weight is 560 g/mol. The lowest BCUT2D eigenvalue weighted by Crippen LogP contribution is -2.28. The molecule has 0 bridgehead atoms. The van der Waals surface area contributed by atoms with Crippen molar-refractivity contribution in [2.45, 2.75) is 111 Å². The van der Waals surface area contributed by atoms with E-state index >= 15 is 0 Å². The molecule has 0 unspecified atom stereocenters. The molecular formula is C32H49NO5S. The second-order valence-corrected chi connectivity index (χ2v) is 12.2. The lowest BCUT2D eigenvalue weighted by atomic mass is 10.1. The van der Waals surface area contributed by atoms with Crippen molar-refractivity contribution in [3.8, 4) is 5.75 Å². The highest BCUT2D eigenvalue weighted by Gasteiger charge is 2.16. The van der Waals surface area contributed by atoms with E-state index in [0.29, 0.717) is 24.4 Å². The van der Waals surface area contributed by atoms with E-state index in [0.717, 1.165) is 29.6 Å². The summed E-state index contributed by atoms with van der Waals surface area (Å²) >= 11 is 0. The number of aryl methyl sites for hydroxylation is 1. The van der Waals surface area contributed by atoms with Crippen LogP contribution in [0.2, 0.25) is 0 Å². The number of ether oxygens (including phenoxy) is 1. The maximum absolute atomic E-state index is 12.6. The quantitative estimate of drug-likeness (QED) is 0.121. The number of carbonyl (C=O) groups excluding carboxylic acids is 1. The lowest BCUT2D eigenvalue weighted by Gasteiger charge is -2.24. The molecular weight excluding hydrogens is 510 g/mol. The van der Waals surface area contributed by atoms with Crippen LogP contribution in [-0.4, -0.2) is 27.2 Å². The van der Waals surface area contributed by atoms with Gasteiger partial charge in [-0.2, -0.15) is 8.42 Å². The Morgan fingerprint density at radius 1 is 0.846 bits per heavy atom. The molecule has 6 nitrogen and oxygen atoms in total. The topological polar surface area (TPSA) is 72.9 Å². The molecule has 0 atom stereocenters. The molecule has 0 radical (unpaired) electrons. The maximum atomic E-state index is 12.6. The first kappa shape index (κ1) is 32.8. The summed E-state index contributed by atoms with van der Waals surface area (Å²) in [5.74, 6) is 0.691. The van der Waals surface area contributed by atoms with Gasteiger partial charge in [0.25, 0.3) is 10.1 Å². The van der Waals surface area contributed by atoms with Gasteiger partial charge in [-0.1, -0.05) is 107 Å². The number of benzene rings is 2. The lowest BCUT2D eigenvalue weighted by molar-refractivity contribution is -0.116. The molecule has 7 heteroatoms. The third kappa shape index (κ3) is 14.0. The predicted molar refractivity (Wildman–Crippen MR) is 161 cm³/mol. The molecule has 0 aliphatic rings. The predicted octanol–water partition coefficient (Wildman–Crippen LogP) is 8.10. The summed E-state index contributed by atoms with van der Waals surface area (Å²) in [6.07, 6.45) is 16.7. The molecule has 0 aliphatic carbocycles. The Kier molecular flexibility index (Phi) is 15.2. The van der Waals surface area contributed by atoms with Crippen molar-refractivity contribution in [1.29, 1.82) is 0 Å². The number of amides is 1. The molecule has 0 saturated heterocycles. The van der Waals surface area contributed by atoms with Crippen LogP contribution in [0.25, 0.3) is 0 Å². The summed E-state index contributed by atoms with van der Waals surface area (Å²) in [5.41, 5.74) is 3.41. The number of carbonyl (C=O) groups is 1. The van der Waals surface area contributed by atoms with Crippen LogP contribution in [0.15, 0.2) is 42.5 Å². The summed E-state index contributed by atoms with van der Waals surface area (Å²) in [5, 5.41) is 0. The molecule has 39 heavy (non-hydrogen) atoms. The Morgan fingerprint density at radius 2 is 1.46 bits per heavy atom. The van der Waals surface area contributed by atoms with Gasteiger partial charge in [-0.05, 0) is 37.1 Å². The first-order chi connectivity index (χ1) is 18.7. The minimum absolute atomic E-state index is 0.0731. The van der Waals surface area contributed by atoms with E-state index in [-0.39, 0.29) is 12.5 Å². The third-order valence-corrected chi connectivity index (χ3v) is 7.39. The van der Waals surface area contributed by atoms with Crippen molar-refractivity contribution in [1.82, 2.24) is 0 Å². The van der Waals surface area contributed by atoms with Crippen LogP contribution >= 0.6 is 0 Å². The first-order valence-electron chi connectivity index (χ1n) is 14.6. The number of anilines is 1. The van der Waals surface area contributed by atoms with Gasteiger partial charge in [-0.25, -0.2) is 0 Å². The summed E-state index contributed by atoms with van der Waals surface area (Å²) < 4.78 is 33.9. The fraction of sp³-hybridized carbons (Fsp3) is 0.594. The largest absolute Gasteiger partial charge is 0.493 e. The Labute approximate surface area is 237 Å². The van der Waals surface area contributed by atoms with E-state index in [4.69, 9.17) is 8.92 Å². The molecule has 218 valence electrons. The van der Waals surface area contributed by atoms with Crippen LogP contribution in [0.5, 0.6) is 5.75 Å². The van der Waals surface area contributed by atoms with Crippen LogP contribution in [0, 0.1) is 6.92 Å². The number of unbranched alkanes of at least 4 members (excludes halogenated alkanes) is 11.